The molecule has 3 amide bonds. The van der Waals surface area contributed by atoms with Gasteiger partial charge in [0.25, 0.3) is 0 Å². The minimum absolute atomic E-state index is 0.0595. The van der Waals surface area contributed by atoms with E-state index in [0.29, 0.717) is 39.3 Å². The molecule has 0 aromatic carbocycles. The predicted molar refractivity (Wildman–Crippen MR) is 132 cm³/mol. The van der Waals surface area contributed by atoms with E-state index in [0.717, 1.165) is 19.3 Å². The Bertz CT molecular complexity index is 833. The van der Waals surface area contributed by atoms with Crippen molar-refractivity contribution in [2.75, 3.05) is 44.4 Å². The lowest BCUT2D eigenvalue weighted by Gasteiger charge is -2.34. The van der Waals surface area contributed by atoms with E-state index >= 15 is 0 Å². The summed E-state index contributed by atoms with van der Waals surface area (Å²) in [7, 11) is -3.56. The second kappa shape index (κ2) is 12.9. The molecule has 2 rings (SSSR count). The molecule has 11 heteroatoms. The lowest BCUT2D eigenvalue weighted by Crippen LogP contribution is -2.54. The molecule has 2 atom stereocenters. The summed E-state index contributed by atoms with van der Waals surface area (Å²) in [6.45, 7) is 11.0. The first-order valence-corrected chi connectivity index (χ1v) is 14.5. The first-order chi connectivity index (χ1) is 16.3. The molecule has 0 spiro atoms. The van der Waals surface area contributed by atoms with Crippen LogP contribution in [0.4, 0.5) is 4.79 Å². The Hall–Kier alpha value is -1.88. The normalized spacial score (nSPS) is 20.8. The van der Waals surface area contributed by atoms with Crippen LogP contribution in [0.1, 0.15) is 66.7 Å². The van der Waals surface area contributed by atoms with Gasteiger partial charge < -0.3 is 19.7 Å². The first-order valence-electron chi connectivity index (χ1n) is 12.6. The molecule has 0 radical (unpaired) electrons. The van der Waals surface area contributed by atoms with Crippen molar-refractivity contribution in [1.29, 1.82) is 0 Å². The minimum atomic E-state index is -3.56. The van der Waals surface area contributed by atoms with Gasteiger partial charge in [-0.15, -0.1) is 0 Å². The van der Waals surface area contributed by atoms with Gasteiger partial charge >= 0.3 is 6.09 Å². The second-order valence-electron chi connectivity index (χ2n) is 10.9. The number of hydrogen-bond donors (Lipinski definition) is 1. The van der Waals surface area contributed by atoms with Crippen LogP contribution in [0.3, 0.4) is 0 Å². The summed E-state index contributed by atoms with van der Waals surface area (Å²) in [5.74, 6) is -2.40. The average molecular weight is 518 g/mol. The van der Waals surface area contributed by atoms with Gasteiger partial charge in [-0.05, 0) is 46.0 Å². The average Bonchev–Trinajstić information content (AvgIpc) is 2.97. The Labute approximate surface area is 210 Å². The van der Waals surface area contributed by atoms with Crippen LogP contribution in [0, 0.1) is 11.8 Å². The van der Waals surface area contributed by atoms with E-state index < -0.39 is 45.3 Å². The van der Waals surface area contributed by atoms with E-state index in [1.54, 1.807) is 39.5 Å². The number of rotatable bonds is 8. The van der Waals surface area contributed by atoms with Crippen LogP contribution in [0.2, 0.25) is 0 Å². The summed E-state index contributed by atoms with van der Waals surface area (Å²) >= 11 is 0. The van der Waals surface area contributed by atoms with E-state index in [-0.39, 0.29) is 24.0 Å². The Morgan fingerprint density at radius 1 is 1.03 bits per heavy atom. The Balaban J connectivity index is 2.20. The third-order valence-electron chi connectivity index (χ3n) is 5.89. The maximum Gasteiger partial charge on any atom is 0.411 e. The topological polar surface area (TPSA) is 122 Å². The summed E-state index contributed by atoms with van der Waals surface area (Å²) in [6, 6.07) is 0. The van der Waals surface area contributed by atoms with E-state index in [4.69, 9.17) is 9.47 Å². The summed E-state index contributed by atoms with van der Waals surface area (Å²) in [4.78, 5) is 42.3. The van der Waals surface area contributed by atoms with Crippen LogP contribution in [0.25, 0.3) is 0 Å². The smallest absolute Gasteiger partial charge is 0.411 e. The van der Waals surface area contributed by atoms with Crippen LogP contribution in [0.15, 0.2) is 0 Å². The standard InChI is InChI=1S/C24H43N3O7S/c1-18(2)16-35(31,32)17-19(15-21(28)26-11-13-33-14-12-26)22(29)25-20-9-7-6-8-10-27(20)23(30)34-24(3,4)5/h18-20H,6-17H2,1-5H3,(H,25,29). The van der Waals surface area contributed by atoms with Crippen LogP contribution in [-0.2, 0) is 28.9 Å². The van der Waals surface area contributed by atoms with E-state index in [1.807, 2.05) is 0 Å². The zero-order valence-corrected chi connectivity index (χ0v) is 22.7. The van der Waals surface area contributed by atoms with Gasteiger partial charge in [-0.1, -0.05) is 20.3 Å². The summed E-state index contributed by atoms with van der Waals surface area (Å²) < 4.78 is 36.4. The second-order valence-corrected chi connectivity index (χ2v) is 13.1. The van der Waals surface area contributed by atoms with Gasteiger partial charge in [0, 0.05) is 26.1 Å². The molecule has 0 aromatic rings. The zero-order chi connectivity index (χ0) is 26.2. The van der Waals surface area contributed by atoms with Crippen molar-refractivity contribution in [3.63, 3.8) is 0 Å². The molecule has 0 saturated carbocycles. The minimum Gasteiger partial charge on any atom is -0.444 e. The molecular weight excluding hydrogens is 474 g/mol. The number of ether oxygens (including phenoxy) is 2. The predicted octanol–water partition coefficient (Wildman–Crippen LogP) is 2.18. The van der Waals surface area contributed by atoms with E-state index in [9.17, 15) is 22.8 Å². The number of hydrogen-bond acceptors (Lipinski definition) is 7. The highest BCUT2D eigenvalue weighted by Crippen LogP contribution is 2.21. The number of sulfone groups is 1. The van der Waals surface area contributed by atoms with Crippen molar-refractivity contribution in [1.82, 2.24) is 15.1 Å². The fourth-order valence-electron chi connectivity index (χ4n) is 4.34. The zero-order valence-electron chi connectivity index (χ0n) is 21.9. The third-order valence-corrected chi connectivity index (χ3v) is 7.97. The molecule has 202 valence electrons. The van der Waals surface area contributed by atoms with Crippen LogP contribution < -0.4 is 5.32 Å². The third kappa shape index (κ3) is 10.3. The Kier molecular flexibility index (Phi) is 10.8. The van der Waals surface area contributed by atoms with E-state index in [2.05, 4.69) is 5.32 Å². The molecule has 2 unspecified atom stereocenters. The number of morpholine rings is 1. The quantitative estimate of drug-likeness (QED) is 0.524. The highest BCUT2D eigenvalue weighted by atomic mass is 32.2. The lowest BCUT2D eigenvalue weighted by atomic mass is 10.0. The van der Waals surface area contributed by atoms with Gasteiger partial charge in [-0.25, -0.2) is 13.2 Å². The molecule has 2 saturated heterocycles. The maximum absolute atomic E-state index is 13.4. The largest absolute Gasteiger partial charge is 0.444 e. The number of likely N-dealkylation sites (tertiary alicyclic amines) is 1. The van der Waals surface area contributed by atoms with Crippen molar-refractivity contribution in [3.8, 4) is 0 Å². The first kappa shape index (κ1) is 29.4. The Morgan fingerprint density at radius 3 is 2.29 bits per heavy atom. The van der Waals surface area contributed by atoms with Gasteiger partial charge in [-0.3, -0.25) is 14.5 Å². The van der Waals surface area contributed by atoms with Gasteiger partial charge in [-0.2, -0.15) is 0 Å². The molecule has 0 aliphatic carbocycles. The van der Waals surface area contributed by atoms with Crippen molar-refractivity contribution in [2.24, 2.45) is 11.8 Å². The maximum atomic E-state index is 13.4. The SMILES string of the molecule is CC(C)CS(=O)(=O)CC(CC(=O)N1CCOCC1)C(=O)NC1CCCCCN1C(=O)OC(C)(C)C. The number of carbonyl (C=O) groups excluding carboxylic acids is 3. The van der Waals surface area contributed by atoms with Crippen molar-refractivity contribution < 1.29 is 32.3 Å². The highest BCUT2D eigenvalue weighted by molar-refractivity contribution is 7.91. The monoisotopic (exact) mass is 517 g/mol. The van der Waals surface area contributed by atoms with Gasteiger partial charge in [0.05, 0.1) is 30.6 Å². The van der Waals surface area contributed by atoms with Crippen molar-refractivity contribution in [3.05, 3.63) is 0 Å². The highest BCUT2D eigenvalue weighted by Gasteiger charge is 2.35. The van der Waals surface area contributed by atoms with Gasteiger partial charge in [0.2, 0.25) is 11.8 Å². The lowest BCUT2D eigenvalue weighted by molar-refractivity contribution is -0.139. The van der Waals surface area contributed by atoms with Crippen LogP contribution in [0.5, 0.6) is 0 Å². The van der Waals surface area contributed by atoms with Gasteiger partial charge in [0.15, 0.2) is 9.84 Å². The number of amides is 3. The van der Waals surface area contributed by atoms with Crippen molar-refractivity contribution in [2.45, 2.75) is 78.5 Å². The molecule has 1 N–H and O–H groups in total. The summed E-state index contributed by atoms with van der Waals surface area (Å²) in [5.41, 5.74) is -0.685. The van der Waals surface area contributed by atoms with Crippen LogP contribution in [-0.4, -0.2) is 92.2 Å². The fraction of sp³-hybridized carbons (Fsp3) is 0.875. The molecule has 10 nitrogen and oxygen atoms in total. The molecule has 2 heterocycles. The fourth-order valence-corrected chi connectivity index (χ4v) is 6.38. The molecule has 0 bridgehead atoms. The molecule has 35 heavy (non-hydrogen) atoms. The number of carbonyl (C=O) groups is 3. The summed E-state index contributed by atoms with van der Waals surface area (Å²) in [6.07, 6.45) is 1.70. The van der Waals surface area contributed by atoms with Crippen LogP contribution >= 0.6 is 0 Å². The molecule has 2 fully saturated rings. The van der Waals surface area contributed by atoms with Crippen molar-refractivity contribution >= 4 is 27.7 Å². The molecule has 0 aromatic heterocycles. The summed E-state index contributed by atoms with van der Waals surface area (Å²) in [5, 5.41) is 2.89. The number of nitrogens with zero attached hydrogens (tertiary/aromatic N) is 2. The number of nitrogens with one attached hydrogen (secondary N) is 1. The van der Waals surface area contributed by atoms with Gasteiger partial charge in [0.1, 0.15) is 11.8 Å². The molecular formula is C24H43N3O7S. The molecule has 2 aliphatic heterocycles. The Morgan fingerprint density at radius 2 is 1.69 bits per heavy atom. The van der Waals surface area contributed by atoms with E-state index in [1.165, 1.54) is 4.90 Å². The molecule has 2 aliphatic rings.